The van der Waals surface area contributed by atoms with Gasteiger partial charge in [0.15, 0.2) is 11.6 Å². The lowest BCUT2D eigenvalue weighted by atomic mass is 9.92. The van der Waals surface area contributed by atoms with E-state index in [1.165, 1.54) is 6.07 Å². The third-order valence-corrected chi connectivity index (χ3v) is 5.06. The van der Waals surface area contributed by atoms with Crippen molar-refractivity contribution in [2.24, 2.45) is 5.92 Å². The second-order valence-corrected chi connectivity index (χ2v) is 6.65. The van der Waals surface area contributed by atoms with E-state index in [9.17, 15) is 13.6 Å². The Morgan fingerprint density at radius 3 is 2.88 bits per heavy atom. The maximum atomic E-state index is 13.6. The molecule has 1 atom stereocenters. The molecule has 4 nitrogen and oxygen atoms in total. The molecule has 25 heavy (non-hydrogen) atoms. The number of nitrogens with one attached hydrogen (secondary N) is 1. The minimum Gasteiger partial charge on any atom is -0.338 e. The summed E-state index contributed by atoms with van der Waals surface area (Å²) in [4.78, 5) is 14.6. The van der Waals surface area contributed by atoms with E-state index < -0.39 is 11.6 Å². The number of amides is 1. The highest BCUT2D eigenvalue weighted by molar-refractivity contribution is 5.80. The summed E-state index contributed by atoms with van der Waals surface area (Å²) in [5, 5.41) is 7.26. The van der Waals surface area contributed by atoms with E-state index in [1.54, 1.807) is 0 Å². The van der Waals surface area contributed by atoms with Crippen LogP contribution in [-0.2, 0) is 17.8 Å². The van der Waals surface area contributed by atoms with Gasteiger partial charge in [-0.3, -0.25) is 9.89 Å². The number of halogens is 2. The normalized spacial score (nSPS) is 19.8. The highest BCUT2D eigenvalue weighted by Gasteiger charge is 2.30. The lowest BCUT2D eigenvalue weighted by Gasteiger charge is -2.31. The molecule has 130 valence electrons. The Labute approximate surface area is 144 Å². The van der Waals surface area contributed by atoms with Gasteiger partial charge in [0, 0.05) is 42.2 Å². The topological polar surface area (TPSA) is 49.0 Å². The lowest BCUT2D eigenvalue weighted by Crippen LogP contribution is -2.40. The number of aromatic nitrogens is 2. The molecule has 2 heterocycles. The second kappa shape index (κ2) is 6.43. The zero-order chi connectivity index (χ0) is 17.4. The van der Waals surface area contributed by atoms with Crippen molar-refractivity contribution >= 4 is 5.91 Å². The highest BCUT2D eigenvalue weighted by Crippen LogP contribution is 2.31. The summed E-state index contributed by atoms with van der Waals surface area (Å²) in [6.45, 7) is 1.12. The molecular formula is C19H19F2N3O. The molecule has 6 heteroatoms. The van der Waals surface area contributed by atoms with Crippen LogP contribution in [0.3, 0.4) is 0 Å². The Kier molecular flexibility index (Phi) is 4.11. The average molecular weight is 343 g/mol. The van der Waals surface area contributed by atoms with Crippen LogP contribution in [0.2, 0.25) is 0 Å². The molecule has 1 aromatic heterocycles. The van der Waals surface area contributed by atoms with Crippen LogP contribution >= 0.6 is 0 Å². The Morgan fingerprint density at radius 2 is 2.12 bits per heavy atom. The van der Waals surface area contributed by atoms with Crippen LogP contribution in [0.4, 0.5) is 8.78 Å². The maximum Gasteiger partial charge on any atom is 0.226 e. The Morgan fingerprint density at radius 1 is 1.24 bits per heavy atom. The van der Waals surface area contributed by atoms with Crippen molar-refractivity contribution in [1.82, 2.24) is 15.1 Å². The minimum absolute atomic E-state index is 0.0465. The van der Waals surface area contributed by atoms with E-state index in [2.05, 4.69) is 22.3 Å². The predicted molar refractivity (Wildman–Crippen MR) is 89.5 cm³/mol. The Balaban J connectivity index is 1.60. The molecule has 1 aliphatic heterocycles. The average Bonchev–Trinajstić information content (AvgIpc) is 3.07. The molecule has 1 aromatic carbocycles. The smallest absolute Gasteiger partial charge is 0.226 e. The van der Waals surface area contributed by atoms with Crippen LogP contribution in [0, 0.1) is 17.6 Å². The number of carbonyl (C=O) groups is 1. The number of carbonyl (C=O) groups excluding carboxylic acids is 1. The summed E-state index contributed by atoms with van der Waals surface area (Å²) in [7, 11) is 0. The van der Waals surface area contributed by atoms with Gasteiger partial charge in [0.2, 0.25) is 5.91 Å². The maximum absolute atomic E-state index is 13.6. The highest BCUT2D eigenvalue weighted by atomic mass is 19.2. The summed E-state index contributed by atoms with van der Waals surface area (Å²) in [6, 6.07) is 3.77. The third kappa shape index (κ3) is 2.97. The van der Waals surface area contributed by atoms with E-state index in [0.717, 1.165) is 42.7 Å². The Bertz CT molecular complexity index is 843. The van der Waals surface area contributed by atoms with Gasteiger partial charge in [-0.25, -0.2) is 8.78 Å². The molecule has 0 saturated carbocycles. The fraction of sp³-hybridized carbons (Fsp3) is 0.368. The first-order valence-electron chi connectivity index (χ1n) is 8.59. The van der Waals surface area contributed by atoms with Gasteiger partial charge < -0.3 is 4.90 Å². The number of fused-ring (bicyclic) bond motifs is 1. The molecule has 1 aliphatic carbocycles. The predicted octanol–water partition coefficient (Wildman–Crippen LogP) is 3.60. The van der Waals surface area contributed by atoms with Crippen LogP contribution in [0.5, 0.6) is 0 Å². The number of allylic oxidation sites excluding steroid dienone is 2. The van der Waals surface area contributed by atoms with Crippen molar-refractivity contribution in [2.75, 3.05) is 6.54 Å². The molecule has 0 fully saturated rings. The summed E-state index contributed by atoms with van der Waals surface area (Å²) < 4.78 is 26.8. The van der Waals surface area contributed by atoms with Gasteiger partial charge in [-0.15, -0.1) is 0 Å². The summed E-state index contributed by atoms with van der Waals surface area (Å²) >= 11 is 0. The van der Waals surface area contributed by atoms with Crippen molar-refractivity contribution < 1.29 is 13.6 Å². The third-order valence-electron chi connectivity index (χ3n) is 5.06. The zero-order valence-electron chi connectivity index (χ0n) is 13.8. The second-order valence-electron chi connectivity index (χ2n) is 6.65. The molecule has 2 aromatic rings. The first-order valence-corrected chi connectivity index (χ1v) is 8.59. The molecule has 0 bridgehead atoms. The largest absolute Gasteiger partial charge is 0.338 e. The van der Waals surface area contributed by atoms with Crippen LogP contribution in [0.25, 0.3) is 11.3 Å². The van der Waals surface area contributed by atoms with Gasteiger partial charge >= 0.3 is 0 Å². The quantitative estimate of drug-likeness (QED) is 0.847. The van der Waals surface area contributed by atoms with Gasteiger partial charge in [-0.2, -0.15) is 5.10 Å². The molecule has 2 aliphatic rings. The zero-order valence-corrected chi connectivity index (χ0v) is 13.8. The first-order chi connectivity index (χ1) is 12.1. The van der Waals surface area contributed by atoms with Crippen molar-refractivity contribution in [1.29, 1.82) is 0 Å². The van der Waals surface area contributed by atoms with Crippen molar-refractivity contribution in [3.05, 3.63) is 53.2 Å². The van der Waals surface area contributed by atoms with Crippen molar-refractivity contribution in [3.8, 4) is 11.3 Å². The molecule has 4 rings (SSSR count). The van der Waals surface area contributed by atoms with E-state index in [-0.39, 0.29) is 11.8 Å². The van der Waals surface area contributed by atoms with Gasteiger partial charge in [0.1, 0.15) is 0 Å². The number of benzene rings is 1. The standard InChI is InChI=1S/C19H19F2N3O/c20-15-7-6-13(10-16(15)21)18-14-11-24(9-8-17(14)22-23-18)19(25)12-4-2-1-3-5-12/h1-2,6-7,10,12H,3-5,8-9,11H2,(H,22,23). The number of hydrogen-bond donors (Lipinski definition) is 1. The molecule has 0 saturated heterocycles. The SMILES string of the molecule is O=C(C1CC=CCC1)N1CCc2[nH]nc(-c3ccc(F)c(F)c3)c2C1. The van der Waals surface area contributed by atoms with Crippen molar-refractivity contribution in [3.63, 3.8) is 0 Å². The molecular weight excluding hydrogens is 324 g/mol. The summed E-state index contributed by atoms with van der Waals surface area (Å²) in [5.74, 6) is -1.56. The van der Waals surface area contributed by atoms with Gasteiger partial charge in [-0.05, 0) is 37.5 Å². The van der Waals surface area contributed by atoms with E-state index in [0.29, 0.717) is 30.8 Å². The van der Waals surface area contributed by atoms with Gasteiger partial charge in [0.05, 0.1) is 5.69 Å². The minimum atomic E-state index is -0.896. The van der Waals surface area contributed by atoms with E-state index in [4.69, 9.17) is 0 Å². The van der Waals surface area contributed by atoms with Crippen LogP contribution < -0.4 is 0 Å². The van der Waals surface area contributed by atoms with Crippen LogP contribution in [0.1, 0.15) is 30.5 Å². The van der Waals surface area contributed by atoms with Crippen molar-refractivity contribution in [2.45, 2.75) is 32.2 Å². The Hall–Kier alpha value is -2.50. The fourth-order valence-corrected chi connectivity index (χ4v) is 3.64. The van der Waals surface area contributed by atoms with Crippen LogP contribution in [0.15, 0.2) is 30.4 Å². The number of H-pyrrole nitrogens is 1. The fourth-order valence-electron chi connectivity index (χ4n) is 3.64. The van der Waals surface area contributed by atoms with E-state index in [1.807, 2.05) is 4.90 Å². The monoisotopic (exact) mass is 343 g/mol. The molecule has 1 unspecified atom stereocenters. The molecule has 1 N–H and O–H groups in total. The number of aromatic amines is 1. The van der Waals surface area contributed by atoms with Crippen LogP contribution in [-0.4, -0.2) is 27.5 Å². The number of hydrogen-bond acceptors (Lipinski definition) is 2. The lowest BCUT2D eigenvalue weighted by molar-refractivity contribution is -0.136. The summed E-state index contributed by atoms with van der Waals surface area (Å²) in [5.41, 5.74) is 2.98. The summed E-state index contributed by atoms with van der Waals surface area (Å²) in [6.07, 6.45) is 7.52. The van der Waals surface area contributed by atoms with Gasteiger partial charge in [-0.1, -0.05) is 12.2 Å². The van der Waals surface area contributed by atoms with E-state index >= 15 is 0 Å². The number of rotatable bonds is 2. The number of nitrogens with zero attached hydrogens (tertiary/aromatic N) is 2. The van der Waals surface area contributed by atoms with Gasteiger partial charge in [0.25, 0.3) is 0 Å². The molecule has 0 spiro atoms. The first kappa shape index (κ1) is 16.0. The molecule has 0 radical (unpaired) electrons. The molecule has 1 amide bonds.